The molecule has 5 heterocycles. The average molecular weight is 464 g/mol. The van der Waals surface area contributed by atoms with Crippen LogP contribution in [0.2, 0.25) is 0 Å². The molecule has 5 aromatic heterocycles. The number of pyridine rings is 2. The van der Waals surface area contributed by atoms with Crippen LogP contribution in [0.4, 0.5) is 0 Å². The molecule has 0 aromatic carbocycles. The molecule has 0 radical (unpaired) electrons. The van der Waals surface area contributed by atoms with E-state index in [1.807, 2.05) is 0 Å². The van der Waals surface area contributed by atoms with Gasteiger partial charge in [-0.3, -0.25) is 4.79 Å². The van der Waals surface area contributed by atoms with Crippen molar-refractivity contribution in [2.75, 3.05) is 20.8 Å². The van der Waals surface area contributed by atoms with Crippen LogP contribution in [0.1, 0.15) is 11.6 Å². The standard InChI is InChI=1S/C21H20N8O5/c1-12-22-18(27-34-12)19-25-24-17-10-16(32-3)20(26-29(17)19)33-11-13-4-5-14-15(23-13)6-7-28(21(14)30)8-9-31-2/h4-7,10H,8-9,11H2,1-3H3. The van der Waals surface area contributed by atoms with Gasteiger partial charge in [-0.2, -0.15) is 9.50 Å². The molecule has 5 rings (SSSR count). The summed E-state index contributed by atoms with van der Waals surface area (Å²) in [5, 5.41) is 17.0. The van der Waals surface area contributed by atoms with Gasteiger partial charge in [-0.05, 0) is 18.2 Å². The molecule has 0 amide bonds. The number of ether oxygens (including phenoxy) is 3. The second kappa shape index (κ2) is 8.86. The summed E-state index contributed by atoms with van der Waals surface area (Å²) in [6.45, 7) is 2.69. The molecular formula is C21H20N8O5. The van der Waals surface area contributed by atoms with Crippen LogP contribution in [0.5, 0.6) is 11.6 Å². The number of rotatable bonds is 8. The first-order valence-corrected chi connectivity index (χ1v) is 10.3. The van der Waals surface area contributed by atoms with E-state index in [0.717, 1.165) is 0 Å². The molecule has 0 aliphatic rings. The average Bonchev–Trinajstić information content (AvgIpc) is 3.47. The lowest BCUT2D eigenvalue weighted by Crippen LogP contribution is -2.22. The van der Waals surface area contributed by atoms with Crippen molar-refractivity contribution >= 4 is 16.6 Å². The van der Waals surface area contributed by atoms with Gasteiger partial charge in [0.15, 0.2) is 11.4 Å². The Kier molecular flexibility index (Phi) is 5.59. The van der Waals surface area contributed by atoms with E-state index >= 15 is 0 Å². The van der Waals surface area contributed by atoms with Gasteiger partial charge in [-0.1, -0.05) is 5.16 Å². The lowest BCUT2D eigenvalue weighted by atomic mass is 10.2. The summed E-state index contributed by atoms with van der Waals surface area (Å²) in [4.78, 5) is 21.4. The number of fused-ring (bicyclic) bond motifs is 2. The largest absolute Gasteiger partial charge is 0.491 e. The third kappa shape index (κ3) is 3.92. The summed E-state index contributed by atoms with van der Waals surface area (Å²) in [5.74, 6) is 1.52. The zero-order valence-corrected chi connectivity index (χ0v) is 18.6. The number of hydrogen-bond acceptors (Lipinski definition) is 11. The highest BCUT2D eigenvalue weighted by Crippen LogP contribution is 2.27. The maximum Gasteiger partial charge on any atom is 0.275 e. The van der Waals surface area contributed by atoms with Crippen LogP contribution < -0.4 is 15.0 Å². The number of aromatic nitrogens is 8. The number of nitrogens with zero attached hydrogens (tertiary/aromatic N) is 8. The summed E-state index contributed by atoms with van der Waals surface area (Å²) in [6, 6.07) is 6.90. The van der Waals surface area contributed by atoms with Gasteiger partial charge in [0.1, 0.15) is 6.61 Å². The predicted octanol–water partition coefficient (Wildman–Crippen LogP) is 1.43. The Hall–Kier alpha value is -4.39. The molecule has 0 saturated heterocycles. The van der Waals surface area contributed by atoms with E-state index in [-0.39, 0.29) is 23.9 Å². The van der Waals surface area contributed by atoms with Crippen molar-refractivity contribution in [3.8, 4) is 23.3 Å². The molecule has 5 aromatic rings. The Morgan fingerprint density at radius 3 is 2.76 bits per heavy atom. The molecule has 0 N–H and O–H groups in total. The number of hydrogen-bond donors (Lipinski definition) is 0. The van der Waals surface area contributed by atoms with Gasteiger partial charge in [0, 0.05) is 32.8 Å². The molecule has 0 saturated carbocycles. The molecule has 34 heavy (non-hydrogen) atoms. The fourth-order valence-electron chi connectivity index (χ4n) is 3.37. The first kappa shape index (κ1) is 21.5. The highest BCUT2D eigenvalue weighted by molar-refractivity contribution is 5.77. The second-order valence-corrected chi connectivity index (χ2v) is 7.28. The summed E-state index contributed by atoms with van der Waals surface area (Å²) < 4.78 is 24.4. The van der Waals surface area contributed by atoms with Crippen LogP contribution in [0.25, 0.3) is 28.2 Å². The van der Waals surface area contributed by atoms with Crippen molar-refractivity contribution < 1.29 is 18.7 Å². The van der Waals surface area contributed by atoms with Crippen LogP contribution in [0.15, 0.2) is 39.8 Å². The summed E-state index contributed by atoms with van der Waals surface area (Å²) >= 11 is 0. The van der Waals surface area contributed by atoms with Gasteiger partial charge in [0.25, 0.3) is 11.4 Å². The molecule has 0 atom stereocenters. The van der Waals surface area contributed by atoms with E-state index in [0.29, 0.717) is 52.9 Å². The summed E-state index contributed by atoms with van der Waals surface area (Å²) in [5.41, 5.74) is 1.49. The number of methoxy groups -OCH3 is 2. The van der Waals surface area contributed by atoms with Gasteiger partial charge < -0.3 is 23.3 Å². The lowest BCUT2D eigenvalue weighted by Gasteiger charge is -2.10. The van der Waals surface area contributed by atoms with Crippen molar-refractivity contribution in [3.05, 3.63) is 52.4 Å². The molecule has 0 fully saturated rings. The molecule has 174 valence electrons. The second-order valence-electron chi connectivity index (χ2n) is 7.28. The van der Waals surface area contributed by atoms with Gasteiger partial charge in [0.2, 0.25) is 17.5 Å². The van der Waals surface area contributed by atoms with E-state index in [9.17, 15) is 4.79 Å². The first-order chi connectivity index (χ1) is 16.6. The Labute approximate surface area is 191 Å². The highest BCUT2D eigenvalue weighted by atomic mass is 16.5. The highest BCUT2D eigenvalue weighted by Gasteiger charge is 2.19. The number of aryl methyl sites for hydroxylation is 1. The van der Waals surface area contributed by atoms with Crippen molar-refractivity contribution in [1.82, 2.24) is 39.5 Å². The van der Waals surface area contributed by atoms with Crippen LogP contribution >= 0.6 is 0 Å². The van der Waals surface area contributed by atoms with E-state index in [1.54, 1.807) is 49.1 Å². The van der Waals surface area contributed by atoms with Gasteiger partial charge >= 0.3 is 0 Å². The molecule has 0 spiro atoms. The van der Waals surface area contributed by atoms with Crippen molar-refractivity contribution in [2.24, 2.45) is 0 Å². The maximum absolute atomic E-state index is 12.6. The SMILES string of the molecule is COCCn1ccc2nc(COc3nn4c(-c5noc(C)n5)nnc4cc3OC)ccc2c1=O. The van der Waals surface area contributed by atoms with E-state index in [2.05, 4.69) is 30.4 Å². The molecular weight excluding hydrogens is 444 g/mol. The maximum atomic E-state index is 12.6. The molecule has 0 bridgehead atoms. The van der Waals surface area contributed by atoms with Crippen molar-refractivity contribution in [1.29, 1.82) is 0 Å². The van der Waals surface area contributed by atoms with Gasteiger partial charge in [0.05, 0.1) is 30.3 Å². The third-order valence-electron chi connectivity index (χ3n) is 5.05. The van der Waals surface area contributed by atoms with Crippen molar-refractivity contribution in [2.45, 2.75) is 20.1 Å². The van der Waals surface area contributed by atoms with E-state index in [4.69, 9.17) is 18.7 Å². The normalized spacial score (nSPS) is 11.4. The first-order valence-electron chi connectivity index (χ1n) is 10.3. The molecule has 13 nitrogen and oxygen atoms in total. The zero-order chi connectivity index (χ0) is 23.7. The topological polar surface area (TPSA) is 145 Å². The van der Waals surface area contributed by atoms with Gasteiger partial charge in [-0.15, -0.1) is 15.3 Å². The van der Waals surface area contributed by atoms with Gasteiger partial charge in [-0.25, -0.2) is 4.98 Å². The Morgan fingerprint density at radius 2 is 2.00 bits per heavy atom. The van der Waals surface area contributed by atoms with E-state index < -0.39 is 0 Å². The van der Waals surface area contributed by atoms with Crippen LogP contribution in [-0.2, 0) is 17.9 Å². The fraction of sp³-hybridized carbons (Fsp3) is 0.286. The van der Waals surface area contributed by atoms with Crippen LogP contribution in [0.3, 0.4) is 0 Å². The minimum Gasteiger partial charge on any atom is -0.491 e. The quantitative estimate of drug-likeness (QED) is 0.329. The summed E-state index contributed by atoms with van der Waals surface area (Å²) in [7, 11) is 3.10. The predicted molar refractivity (Wildman–Crippen MR) is 118 cm³/mol. The van der Waals surface area contributed by atoms with Crippen LogP contribution in [0, 0.1) is 6.92 Å². The monoisotopic (exact) mass is 464 g/mol. The Balaban J connectivity index is 1.43. The van der Waals surface area contributed by atoms with Crippen molar-refractivity contribution in [3.63, 3.8) is 0 Å². The molecule has 0 aliphatic heterocycles. The zero-order valence-electron chi connectivity index (χ0n) is 18.6. The molecule has 0 unspecified atom stereocenters. The Bertz CT molecular complexity index is 1540. The Morgan fingerprint density at radius 1 is 1.12 bits per heavy atom. The fourth-order valence-corrected chi connectivity index (χ4v) is 3.37. The van der Waals surface area contributed by atoms with E-state index in [1.165, 1.54) is 11.6 Å². The molecule has 13 heteroatoms. The minimum absolute atomic E-state index is 0.0936. The van der Waals surface area contributed by atoms with Crippen LogP contribution in [-0.4, -0.2) is 60.3 Å². The third-order valence-corrected chi connectivity index (χ3v) is 5.05. The summed E-state index contributed by atoms with van der Waals surface area (Å²) in [6.07, 6.45) is 1.70. The minimum atomic E-state index is -0.125. The lowest BCUT2D eigenvalue weighted by molar-refractivity contribution is 0.186. The smallest absolute Gasteiger partial charge is 0.275 e. The molecule has 0 aliphatic carbocycles.